The van der Waals surface area contributed by atoms with Crippen molar-refractivity contribution < 1.29 is 19.1 Å². The molecule has 22 heavy (non-hydrogen) atoms. The summed E-state index contributed by atoms with van der Waals surface area (Å²) in [5.41, 5.74) is 0. The van der Waals surface area contributed by atoms with Crippen LogP contribution in [0.1, 0.15) is 86.0 Å². The molecule has 0 saturated heterocycles. The molecule has 0 spiro atoms. The van der Waals surface area contributed by atoms with E-state index in [0.29, 0.717) is 18.8 Å². The van der Waals surface area contributed by atoms with Crippen LogP contribution in [0.2, 0.25) is 0 Å². The lowest BCUT2D eigenvalue weighted by molar-refractivity contribution is -0.149. The highest BCUT2D eigenvalue weighted by atomic mass is 16.5. The molecule has 0 saturated carbocycles. The molecule has 0 rings (SSSR count). The highest BCUT2D eigenvalue weighted by Crippen LogP contribution is 2.11. The topological polar surface area (TPSA) is 52.6 Å². The van der Waals surface area contributed by atoms with Crippen LogP contribution in [0.15, 0.2) is 0 Å². The summed E-state index contributed by atoms with van der Waals surface area (Å²) >= 11 is 0. The summed E-state index contributed by atoms with van der Waals surface area (Å²) < 4.78 is 10.6. The highest BCUT2D eigenvalue weighted by molar-refractivity contribution is 5.70. The first-order valence-corrected chi connectivity index (χ1v) is 8.74. The van der Waals surface area contributed by atoms with Crippen molar-refractivity contribution >= 4 is 11.9 Å². The highest BCUT2D eigenvalue weighted by Gasteiger charge is 2.11. The fourth-order valence-electron chi connectivity index (χ4n) is 2.46. The molecule has 4 nitrogen and oxygen atoms in total. The molecule has 2 atom stereocenters. The molecule has 0 aliphatic carbocycles. The number of rotatable bonds is 12. The van der Waals surface area contributed by atoms with Gasteiger partial charge in [0, 0.05) is 12.8 Å². The standard InChI is InChI=1S/C18H34O4/c1-6-10-15(4)21-17(19)11-8-7-9-12-18(20)22-16(5)13-14(2)3/h14-16H,6-13H2,1-5H3. The lowest BCUT2D eigenvalue weighted by Crippen LogP contribution is -2.16. The summed E-state index contributed by atoms with van der Waals surface area (Å²) in [6.07, 6.45) is 6.09. The number of hydrogen-bond acceptors (Lipinski definition) is 4. The van der Waals surface area contributed by atoms with E-state index in [1.54, 1.807) is 0 Å². The molecule has 0 aliphatic rings. The Morgan fingerprint density at radius 2 is 1.32 bits per heavy atom. The molecule has 4 heteroatoms. The van der Waals surface area contributed by atoms with Gasteiger partial charge in [0.15, 0.2) is 0 Å². The van der Waals surface area contributed by atoms with Gasteiger partial charge >= 0.3 is 11.9 Å². The van der Waals surface area contributed by atoms with Gasteiger partial charge in [-0.05, 0) is 45.4 Å². The number of unbranched alkanes of at least 4 members (excludes halogenated alkanes) is 2. The maximum Gasteiger partial charge on any atom is 0.306 e. The van der Waals surface area contributed by atoms with Crippen LogP contribution in [0.3, 0.4) is 0 Å². The van der Waals surface area contributed by atoms with Gasteiger partial charge in [-0.25, -0.2) is 0 Å². The van der Waals surface area contributed by atoms with Crippen molar-refractivity contribution in [1.29, 1.82) is 0 Å². The van der Waals surface area contributed by atoms with E-state index >= 15 is 0 Å². The minimum absolute atomic E-state index is 0.00919. The molecule has 0 bridgehead atoms. The van der Waals surface area contributed by atoms with Crippen molar-refractivity contribution in [3.05, 3.63) is 0 Å². The lowest BCUT2D eigenvalue weighted by atomic mass is 10.1. The van der Waals surface area contributed by atoms with Gasteiger partial charge in [-0.15, -0.1) is 0 Å². The fraction of sp³-hybridized carbons (Fsp3) is 0.889. The number of esters is 2. The van der Waals surface area contributed by atoms with Gasteiger partial charge in [-0.1, -0.05) is 33.6 Å². The zero-order valence-electron chi connectivity index (χ0n) is 15.0. The number of ether oxygens (including phenoxy) is 2. The molecule has 130 valence electrons. The summed E-state index contributed by atoms with van der Waals surface area (Å²) in [5, 5.41) is 0. The first-order valence-electron chi connectivity index (χ1n) is 8.74. The third-order valence-corrected chi connectivity index (χ3v) is 3.43. The van der Waals surface area contributed by atoms with Crippen LogP contribution in [0.5, 0.6) is 0 Å². The Labute approximate surface area is 135 Å². The second-order valence-electron chi connectivity index (χ2n) is 6.58. The molecule has 0 radical (unpaired) electrons. The quantitative estimate of drug-likeness (QED) is 0.389. The Morgan fingerprint density at radius 3 is 1.77 bits per heavy atom. The Hall–Kier alpha value is -1.06. The van der Waals surface area contributed by atoms with Crippen molar-refractivity contribution in [3.8, 4) is 0 Å². The Balaban J connectivity index is 3.60. The Bertz CT molecular complexity index is 312. The van der Waals surface area contributed by atoms with Crippen molar-refractivity contribution in [1.82, 2.24) is 0 Å². The molecule has 0 aliphatic heterocycles. The summed E-state index contributed by atoms with van der Waals surface area (Å²) in [4.78, 5) is 23.2. The second kappa shape index (κ2) is 12.5. The molecule has 0 amide bonds. The van der Waals surface area contributed by atoms with Crippen molar-refractivity contribution in [3.63, 3.8) is 0 Å². The molecular weight excluding hydrogens is 280 g/mol. The second-order valence-corrected chi connectivity index (χ2v) is 6.58. The van der Waals surface area contributed by atoms with E-state index in [-0.39, 0.29) is 24.1 Å². The van der Waals surface area contributed by atoms with Crippen molar-refractivity contribution in [2.45, 2.75) is 98.2 Å². The Morgan fingerprint density at radius 1 is 0.818 bits per heavy atom. The summed E-state index contributed by atoms with van der Waals surface area (Å²) in [5.74, 6) is 0.269. The van der Waals surface area contributed by atoms with Crippen LogP contribution in [0.4, 0.5) is 0 Å². The van der Waals surface area contributed by atoms with E-state index < -0.39 is 0 Å². The molecule has 0 aromatic rings. The van der Waals surface area contributed by atoms with E-state index in [4.69, 9.17) is 9.47 Å². The maximum absolute atomic E-state index is 11.6. The first-order chi connectivity index (χ1) is 10.3. The maximum atomic E-state index is 11.6. The van der Waals surface area contributed by atoms with Crippen molar-refractivity contribution in [2.75, 3.05) is 0 Å². The summed E-state index contributed by atoms with van der Waals surface area (Å²) in [7, 11) is 0. The largest absolute Gasteiger partial charge is 0.463 e. The van der Waals surface area contributed by atoms with E-state index in [0.717, 1.165) is 38.5 Å². The van der Waals surface area contributed by atoms with E-state index in [2.05, 4.69) is 20.8 Å². The zero-order valence-corrected chi connectivity index (χ0v) is 15.0. The molecule has 2 unspecified atom stereocenters. The van der Waals surface area contributed by atoms with Crippen LogP contribution >= 0.6 is 0 Å². The van der Waals surface area contributed by atoms with Crippen LogP contribution in [0.25, 0.3) is 0 Å². The Kier molecular flexibility index (Phi) is 11.9. The number of hydrogen-bond donors (Lipinski definition) is 0. The van der Waals surface area contributed by atoms with Crippen LogP contribution < -0.4 is 0 Å². The predicted octanol–water partition coefficient (Wildman–Crippen LogP) is 4.65. The van der Waals surface area contributed by atoms with Crippen LogP contribution in [-0.4, -0.2) is 24.1 Å². The zero-order chi connectivity index (χ0) is 17.0. The summed E-state index contributed by atoms with van der Waals surface area (Å²) in [6, 6.07) is 0. The molecule has 0 heterocycles. The smallest absolute Gasteiger partial charge is 0.306 e. The number of carbonyl (C=O) groups is 2. The third kappa shape index (κ3) is 12.7. The third-order valence-electron chi connectivity index (χ3n) is 3.43. The van der Waals surface area contributed by atoms with Gasteiger partial charge in [-0.2, -0.15) is 0 Å². The number of carbonyl (C=O) groups excluding carboxylic acids is 2. The van der Waals surface area contributed by atoms with E-state index in [1.807, 2.05) is 13.8 Å². The van der Waals surface area contributed by atoms with Crippen LogP contribution in [-0.2, 0) is 19.1 Å². The average Bonchev–Trinajstić information content (AvgIpc) is 2.37. The lowest BCUT2D eigenvalue weighted by Gasteiger charge is -2.15. The van der Waals surface area contributed by atoms with Gasteiger partial charge in [-0.3, -0.25) is 9.59 Å². The van der Waals surface area contributed by atoms with Gasteiger partial charge in [0.2, 0.25) is 0 Å². The van der Waals surface area contributed by atoms with Gasteiger partial charge in [0.1, 0.15) is 0 Å². The first kappa shape index (κ1) is 20.9. The molecule has 0 aromatic heterocycles. The fourth-order valence-corrected chi connectivity index (χ4v) is 2.46. The molecular formula is C18H34O4. The van der Waals surface area contributed by atoms with Crippen molar-refractivity contribution in [2.24, 2.45) is 5.92 Å². The predicted molar refractivity (Wildman–Crippen MR) is 88.6 cm³/mol. The monoisotopic (exact) mass is 314 g/mol. The van der Waals surface area contributed by atoms with Gasteiger partial charge in [0.05, 0.1) is 12.2 Å². The van der Waals surface area contributed by atoms with Crippen LogP contribution in [0, 0.1) is 5.92 Å². The minimum Gasteiger partial charge on any atom is -0.463 e. The van der Waals surface area contributed by atoms with E-state index in [1.165, 1.54) is 0 Å². The summed E-state index contributed by atoms with van der Waals surface area (Å²) in [6.45, 7) is 10.2. The van der Waals surface area contributed by atoms with E-state index in [9.17, 15) is 9.59 Å². The minimum atomic E-state index is -0.132. The van der Waals surface area contributed by atoms with Gasteiger partial charge < -0.3 is 9.47 Å². The average molecular weight is 314 g/mol. The molecule has 0 aromatic carbocycles. The SMILES string of the molecule is CCCC(C)OC(=O)CCCCCC(=O)OC(C)CC(C)C. The van der Waals surface area contributed by atoms with Gasteiger partial charge in [0.25, 0.3) is 0 Å². The molecule has 0 N–H and O–H groups in total. The molecule has 0 fully saturated rings. The normalized spacial score (nSPS) is 13.7.